The Kier molecular flexibility index (Phi) is 2.45. The molecule has 0 unspecified atom stereocenters. The smallest absolute Gasteiger partial charge is 0.0945 e. The summed E-state index contributed by atoms with van der Waals surface area (Å²) in [6, 6.07) is 0. The lowest BCUT2D eigenvalue weighted by Crippen LogP contribution is -2.39. The average molecular weight is 131 g/mol. The van der Waals surface area contributed by atoms with Gasteiger partial charge in [0.15, 0.2) is 0 Å². The molecular weight excluding hydrogens is 118 g/mol. The van der Waals surface area contributed by atoms with Crippen LogP contribution in [-0.4, -0.2) is 25.5 Å². The Morgan fingerprint density at radius 2 is 2.56 bits per heavy atom. The van der Waals surface area contributed by atoms with Gasteiger partial charge in [0.05, 0.1) is 18.9 Å². The van der Waals surface area contributed by atoms with Gasteiger partial charge in [0, 0.05) is 6.61 Å². The van der Waals surface area contributed by atoms with Crippen molar-refractivity contribution in [1.29, 1.82) is 0 Å². The Morgan fingerprint density at radius 1 is 1.89 bits per heavy atom. The lowest BCUT2D eigenvalue weighted by Gasteiger charge is -2.31. The van der Waals surface area contributed by atoms with Crippen LogP contribution < -0.4 is 5.73 Å². The van der Waals surface area contributed by atoms with E-state index in [2.05, 4.69) is 0 Å². The van der Waals surface area contributed by atoms with Gasteiger partial charge in [-0.3, -0.25) is 0 Å². The topological polar surface area (TPSA) is 44.5 Å². The minimum atomic E-state index is 0.170. The van der Waals surface area contributed by atoms with Crippen LogP contribution in [0, 0.1) is 0 Å². The first-order valence-electron chi connectivity index (χ1n) is 3.28. The number of hydrogen-bond donors (Lipinski definition) is 1. The molecule has 0 aromatic heterocycles. The average Bonchev–Trinajstić information content (AvgIpc) is 1.60. The molecule has 3 heteroatoms. The van der Waals surface area contributed by atoms with Gasteiger partial charge in [-0.2, -0.15) is 0 Å². The molecule has 1 fully saturated rings. The number of rotatable bonds is 3. The van der Waals surface area contributed by atoms with E-state index in [9.17, 15) is 0 Å². The molecule has 0 aromatic carbocycles. The van der Waals surface area contributed by atoms with E-state index in [1.54, 1.807) is 0 Å². The van der Waals surface area contributed by atoms with Gasteiger partial charge in [-0.05, 0) is 13.3 Å². The van der Waals surface area contributed by atoms with Crippen molar-refractivity contribution in [3.63, 3.8) is 0 Å². The van der Waals surface area contributed by atoms with Gasteiger partial charge in [-0.1, -0.05) is 0 Å². The monoisotopic (exact) mass is 131 g/mol. The second kappa shape index (κ2) is 3.15. The summed E-state index contributed by atoms with van der Waals surface area (Å²) in [5.41, 5.74) is 5.17. The van der Waals surface area contributed by atoms with Crippen LogP contribution in [0.25, 0.3) is 0 Å². The largest absolute Gasteiger partial charge is 0.375 e. The Balaban J connectivity index is 2.08. The third-order valence-electron chi connectivity index (χ3n) is 1.62. The summed E-state index contributed by atoms with van der Waals surface area (Å²) in [4.78, 5) is 0. The van der Waals surface area contributed by atoms with E-state index in [-0.39, 0.29) is 6.10 Å². The van der Waals surface area contributed by atoms with Crippen molar-refractivity contribution in [1.82, 2.24) is 0 Å². The molecule has 2 N–H and O–H groups in total. The lowest BCUT2D eigenvalue weighted by atomic mass is 10.1. The maximum Gasteiger partial charge on any atom is 0.0945 e. The minimum Gasteiger partial charge on any atom is -0.375 e. The molecule has 0 spiro atoms. The molecule has 1 aliphatic rings. The Bertz CT molecular complexity index is 83.1. The first kappa shape index (κ1) is 6.99. The van der Waals surface area contributed by atoms with E-state index in [1.165, 1.54) is 0 Å². The van der Waals surface area contributed by atoms with Crippen molar-refractivity contribution in [2.75, 3.05) is 13.3 Å². The van der Waals surface area contributed by atoms with Crippen molar-refractivity contribution in [2.45, 2.75) is 25.6 Å². The fraction of sp³-hybridized carbons (Fsp3) is 1.00. The van der Waals surface area contributed by atoms with Crippen molar-refractivity contribution in [2.24, 2.45) is 5.73 Å². The van der Waals surface area contributed by atoms with Crippen LogP contribution >= 0.6 is 0 Å². The molecule has 1 saturated heterocycles. The van der Waals surface area contributed by atoms with Crippen LogP contribution in [0.1, 0.15) is 13.3 Å². The molecule has 0 aromatic rings. The molecule has 1 rings (SSSR count). The third kappa shape index (κ3) is 1.64. The number of ether oxygens (including phenoxy) is 2. The van der Waals surface area contributed by atoms with E-state index in [0.717, 1.165) is 13.0 Å². The summed E-state index contributed by atoms with van der Waals surface area (Å²) >= 11 is 0. The summed E-state index contributed by atoms with van der Waals surface area (Å²) in [6.07, 6.45) is 1.58. The molecule has 54 valence electrons. The van der Waals surface area contributed by atoms with Crippen LogP contribution in [0.5, 0.6) is 0 Å². The zero-order chi connectivity index (χ0) is 6.69. The van der Waals surface area contributed by atoms with E-state index in [4.69, 9.17) is 15.2 Å². The SMILES string of the molecule is C[C@@H](OCN)[C@@H]1CCO1. The summed E-state index contributed by atoms with van der Waals surface area (Å²) < 4.78 is 10.3. The fourth-order valence-electron chi connectivity index (χ4n) is 0.883. The summed E-state index contributed by atoms with van der Waals surface area (Å²) in [5, 5.41) is 0. The van der Waals surface area contributed by atoms with Crippen molar-refractivity contribution >= 4 is 0 Å². The molecule has 0 bridgehead atoms. The van der Waals surface area contributed by atoms with Crippen molar-refractivity contribution in [3.8, 4) is 0 Å². The highest BCUT2D eigenvalue weighted by Gasteiger charge is 2.24. The quantitative estimate of drug-likeness (QED) is 0.552. The Morgan fingerprint density at radius 3 is 2.89 bits per heavy atom. The minimum absolute atomic E-state index is 0.170. The van der Waals surface area contributed by atoms with Gasteiger partial charge in [-0.15, -0.1) is 0 Å². The Hall–Kier alpha value is -0.120. The Labute approximate surface area is 55.1 Å². The van der Waals surface area contributed by atoms with E-state index >= 15 is 0 Å². The standard InChI is InChI=1S/C6H13NO2/c1-5(9-4-7)6-2-3-8-6/h5-6H,2-4,7H2,1H3/t5-,6+/m1/s1. The zero-order valence-electron chi connectivity index (χ0n) is 5.67. The fourth-order valence-corrected chi connectivity index (χ4v) is 0.883. The molecule has 0 aliphatic carbocycles. The van der Waals surface area contributed by atoms with Crippen molar-refractivity contribution in [3.05, 3.63) is 0 Å². The maximum absolute atomic E-state index is 5.17. The highest BCUT2D eigenvalue weighted by molar-refractivity contribution is 4.72. The lowest BCUT2D eigenvalue weighted by molar-refractivity contribution is -0.130. The highest BCUT2D eigenvalue weighted by atomic mass is 16.6. The number of nitrogens with two attached hydrogens (primary N) is 1. The zero-order valence-corrected chi connectivity index (χ0v) is 5.67. The van der Waals surface area contributed by atoms with Crippen LogP contribution in [0.2, 0.25) is 0 Å². The van der Waals surface area contributed by atoms with Gasteiger partial charge in [-0.25, -0.2) is 0 Å². The van der Waals surface area contributed by atoms with E-state index in [0.29, 0.717) is 12.8 Å². The summed E-state index contributed by atoms with van der Waals surface area (Å²) in [7, 11) is 0. The molecule has 9 heavy (non-hydrogen) atoms. The second-order valence-electron chi connectivity index (χ2n) is 2.24. The molecule has 3 nitrogen and oxygen atoms in total. The third-order valence-corrected chi connectivity index (χ3v) is 1.62. The molecule has 1 aliphatic heterocycles. The maximum atomic E-state index is 5.17. The molecule has 2 atom stereocenters. The number of hydrogen-bond acceptors (Lipinski definition) is 3. The van der Waals surface area contributed by atoms with Crippen molar-refractivity contribution < 1.29 is 9.47 Å². The summed E-state index contributed by atoms with van der Waals surface area (Å²) in [6.45, 7) is 3.15. The van der Waals surface area contributed by atoms with Gasteiger partial charge in [0.2, 0.25) is 0 Å². The molecule has 0 saturated carbocycles. The van der Waals surface area contributed by atoms with Gasteiger partial charge in [0.1, 0.15) is 0 Å². The van der Waals surface area contributed by atoms with E-state index in [1.807, 2.05) is 6.92 Å². The highest BCUT2D eigenvalue weighted by Crippen LogP contribution is 2.16. The van der Waals surface area contributed by atoms with Crippen LogP contribution in [0.3, 0.4) is 0 Å². The van der Waals surface area contributed by atoms with E-state index < -0.39 is 0 Å². The van der Waals surface area contributed by atoms with Crippen LogP contribution in [-0.2, 0) is 9.47 Å². The summed E-state index contributed by atoms with van der Waals surface area (Å²) in [5.74, 6) is 0. The predicted molar refractivity (Wildman–Crippen MR) is 34.0 cm³/mol. The molecule has 0 amide bonds. The molecular formula is C6H13NO2. The van der Waals surface area contributed by atoms with Gasteiger partial charge >= 0.3 is 0 Å². The molecule has 0 radical (unpaired) electrons. The van der Waals surface area contributed by atoms with Gasteiger partial charge in [0.25, 0.3) is 0 Å². The normalized spacial score (nSPS) is 29.3. The van der Waals surface area contributed by atoms with Crippen LogP contribution in [0.15, 0.2) is 0 Å². The second-order valence-corrected chi connectivity index (χ2v) is 2.24. The predicted octanol–water partition coefficient (Wildman–Crippen LogP) is 0.0966. The first-order chi connectivity index (χ1) is 4.34. The molecule has 1 heterocycles. The van der Waals surface area contributed by atoms with Gasteiger partial charge < -0.3 is 15.2 Å². The van der Waals surface area contributed by atoms with Crippen LogP contribution in [0.4, 0.5) is 0 Å². The first-order valence-corrected chi connectivity index (χ1v) is 3.28.